The number of nitrogens with two attached hydrogens (primary N) is 1. The number of hydrogen-bond donors (Lipinski definition) is 2. The average molecular weight is 483 g/mol. The monoisotopic (exact) mass is 483 g/mol. The van der Waals surface area contributed by atoms with Gasteiger partial charge in [0.05, 0.1) is 6.54 Å². The van der Waals surface area contributed by atoms with Gasteiger partial charge in [-0.15, -0.1) is 34.2 Å². The van der Waals surface area contributed by atoms with Gasteiger partial charge in [-0.25, -0.2) is 0 Å². The summed E-state index contributed by atoms with van der Waals surface area (Å²) in [5.41, 5.74) is 6.37. The highest BCUT2D eigenvalue weighted by Crippen LogP contribution is 2.19. The van der Waals surface area contributed by atoms with Crippen molar-refractivity contribution in [2.24, 2.45) is 16.6 Å². The summed E-state index contributed by atoms with van der Waals surface area (Å²) >= 11 is 0. The largest absolute Gasteiger partial charge is 0.370 e. The van der Waals surface area contributed by atoms with Crippen molar-refractivity contribution in [1.29, 1.82) is 0 Å². The second-order valence-electron chi connectivity index (χ2n) is 6.48. The van der Waals surface area contributed by atoms with E-state index in [0.29, 0.717) is 13.0 Å². The highest BCUT2D eigenvalue weighted by Gasteiger charge is 2.23. The van der Waals surface area contributed by atoms with Crippen LogP contribution in [0.4, 0.5) is 0 Å². The van der Waals surface area contributed by atoms with Crippen LogP contribution in [-0.4, -0.2) is 51.7 Å². The molecule has 3 N–H and O–H groups in total. The van der Waals surface area contributed by atoms with Gasteiger partial charge in [-0.05, 0) is 30.9 Å². The van der Waals surface area contributed by atoms with Gasteiger partial charge in [-0.3, -0.25) is 14.4 Å². The molecule has 1 amide bonds. The molecule has 1 aliphatic rings. The number of carbonyl (C=O) groups is 1. The number of guanidine groups is 1. The molecule has 2 heterocycles. The number of aliphatic imine (C=N–C) groups is 1. The Kier molecular flexibility index (Phi) is 8.01. The van der Waals surface area contributed by atoms with E-state index in [1.54, 1.807) is 13.4 Å². The lowest BCUT2D eigenvalue weighted by atomic mass is 9.95. The highest BCUT2D eigenvalue weighted by molar-refractivity contribution is 14.0. The van der Waals surface area contributed by atoms with Gasteiger partial charge in [0.15, 0.2) is 11.8 Å². The van der Waals surface area contributed by atoms with E-state index in [0.717, 1.165) is 43.4 Å². The molecule has 3 rings (SSSR count). The molecule has 27 heavy (non-hydrogen) atoms. The molecule has 0 radical (unpaired) electrons. The van der Waals surface area contributed by atoms with E-state index < -0.39 is 0 Å². The number of nitrogens with one attached hydrogen (secondary N) is 1. The van der Waals surface area contributed by atoms with Crippen LogP contribution in [0.5, 0.6) is 0 Å². The van der Waals surface area contributed by atoms with Crippen LogP contribution in [0, 0.1) is 5.92 Å². The Morgan fingerprint density at radius 1 is 1.37 bits per heavy atom. The lowest BCUT2D eigenvalue weighted by Gasteiger charge is -2.34. The third kappa shape index (κ3) is 5.65. The number of amides is 1. The third-order valence-corrected chi connectivity index (χ3v) is 4.58. The first-order chi connectivity index (χ1) is 12.7. The Hall–Kier alpha value is -2.17. The second-order valence-corrected chi connectivity index (χ2v) is 6.48. The molecule has 2 aromatic rings. The summed E-state index contributed by atoms with van der Waals surface area (Å²) in [6.45, 7) is 2.22. The Balaban J connectivity index is 0.00000261. The fourth-order valence-corrected chi connectivity index (χ4v) is 3.38. The van der Waals surface area contributed by atoms with Gasteiger partial charge in [-0.1, -0.05) is 18.2 Å². The predicted octanol–water partition coefficient (Wildman–Crippen LogP) is 1.55. The van der Waals surface area contributed by atoms with Crippen molar-refractivity contribution in [2.45, 2.75) is 25.8 Å². The summed E-state index contributed by atoms with van der Waals surface area (Å²) in [5, 5.41) is 11.6. The summed E-state index contributed by atoms with van der Waals surface area (Å²) in [6, 6.07) is 9.98. The van der Waals surface area contributed by atoms with Crippen molar-refractivity contribution in [1.82, 2.24) is 25.0 Å². The summed E-state index contributed by atoms with van der Waals surface area (Å²) in [5.74, 6) is 1.66. The Morgan fingerprint density at radius 2 is 2.15 bits per heavy atom. The molecule has 1 aromatic carbocycles. The average Bonchev–Trinajstić information content (AvgIpc) is 3.11. The standard InChI is InChI=1S/C18H25N7O.HI/c1-20-18(24-9-5-6-14(12-24)10-16(19)26)21-11-17-23-22-13-25(17)15-7-3-2-4-8-15;/h2-4,7-8,13-14H,5-6,9-12H2,1H3,(H2,19,26)(H,20,21);1H. The molecular formula is C18H26IN7O. The van der Waals surface area contributed by atoms with Crippen LogP contribution in [0.25, 0.3) is 5.69 Å². The lowest BCUT2D eigenvalue weighted by molar-refractivity contribution is -0.119. The number of para-hydroxylation sites is 1. The first-order valence-corrected chi connectivity index (χ1v) is 8.85. The fraction of sp³-hybridized carbons (Fsp3) is 0.444. The van der Waals surface area contributed by atoms with Crippen LogP contribution in [0.1, 0.15) is 25.1 Å². The zero-order valence-electron chi connectivity index (χ0n) is 15.4. The molecule has 0 aliphatic carbocycles. The molecule has 1 aliphatic heterocycles. The first kappa shape index (κ1) is 21.1. The maximum Gasteiger partial charge on any atom is 0.217 e. The number of nitrogens with zero attached hydrogens (tertiary/aromatic N) is 5. The molecule has 0 spiro atoms. The summed E-state index contributed by atoms with van der Waals surface area (Å²) in [6.07, 6.45) is 4.19. The van der Waals surface area contributed by atoms with Crippen LogP contribution in [0.15, 0.2) is 41.7 Å². The summed E-state index contributed by atoms with van der Waals surface area (Å²) in [4.78, 5) is 17.8. The number of benzene rings is 1. The van der Waals surface area contributed by atoms with E-state index in [9.17, 15) is 4.79 Å². The van der Waals surface area contributed by atoms with Crippen molar-refractivity contribution < 1.29 is 4.79 Å². The number of rotatable bonds is 5. The number of halogens is 1. The van der Waals surface area contributed by atoms with Crippen molar-refractivity contribution in [3.63, 3.8) is 0 Å². The van der Waals surface area contributed by atoms with E-state index in [1.165, 1.54) is 0 Å². The van der Waals surface area contributed by atoms with Crippen LogP contribution in [0.2, 0.25) is 0 Å². The van der Waals surface area contributed by atoms with Crippen molar-refractivity contribution in [3.05, 3.63) is 42.5 Å². The maximum atomic E-state index is 11.2. The highest BCUT2D eigenvalue weighted by atomic mass is 127. The zero-order valence-corrected chi connectivity index (χ0v) is 17.7. The number of likely N-dealkylation sites (tertiary alicyclic amines) is 1. The summed E-state index contributed by atoms with van der Waals surface area (Å²) < 4.78 is 1.95. The van der Waals surface area contributed by atoms with Crippen LogP contribution in [0.3, 0.4) is 0 Å². The second kappa shape index (κ2) is 10.2. The van der Waals surface area contributed by atoms with Crippen LogP contribution < -0.4 is 11.1 Å². The Bertz CT molecular complexity index is 762. The predicted molar refractivity (Wildman–Crippen MR) is 115 cm³/mol. The van der Waals surface area contributed by atoms with Gasteiger partial charge in [0.2, 0.25) is 5.91 Å². The van der Waals surface area contributed by atoms with Crippen LogP contribution >= 0.6 is 24.0 Å². The van der Waals surface area contributed by atoms with Gasteiger partial charge in [-0.2, -0.15) is 0 Å². The van der Waals surface area contributed by atoms with Crippen LogP contribution in [-0.2, 0) is 11.3 Å². The van der Waals surface area contributed by atoms with Crippen molar-refractivity contribution in [3.8, 4) is 5.69 Å². The van der Waals surface area contributed by atoms with E-state index in [-0.39, 0.29) is 35.8 Å². The Labute approximate surface area is 176 Å². The van der Waals surface area contributed by atoms with E-state index in [2.05, 4.69) is 25.4 Å². The van der Waals surface area contributed by atoms with Crippen molar-refractivity contribution in [2.75, 3.05) is 20.1 Å². The van der Waals surface area contributed by atoms with Gasteiger partial charge in [0, 0.05) is 32.2 Å². The smallest absolute Gasteiger partial charge is 0.217 e. The zero-order chi connectivity index (χ0) is 18.4. The van der Waals surface area contributed by atoms with Gasteiger partial charge in [0.25, 0.3) is 0 Å². The molecular weight excluding hydrogens is 457 g/mol. The fourth-order valence-electron chi connectivity index (χ4n) is 3.38. The minimum absolute atomic E-state index is 0. The Morgan fingerprint density at radius 3 is 2.85 bits per heavy atom. The third-order valence-electron chi connectivity index (χ3n) is 4.58. The van der Waals surface area contributed by atoms with E-state index >= 15 is 0 Å². The van der Waals surface area contributed by atoms with Gasteiger partial charge < -0.3 is 16.0 Å². The number of aromatic nitrogens is 3. The quantitative estimate of drug-likeness (QED) is 0.382. The minimum Gasteiger partial charge on any atom is -0.370 e. The SMILES string of the molecule is CN=C(NCc1nncn1-c1ccccc1)N1CCCC(CC(N)=O)C1.I. The molecule has 0 saturated carbocycles. The topological polar surface area (TPSA) is 101 Å². The molecule has 1 unspecified atom stereocenters. The van der Waals surface area contributed by atoms with Gasteiger partial charge in [0.1, 0.15) is 6.33 Å². The molecule has 1 atom stereocenters. The molecule has 0 bridgehead atoms. The molecule has 1 aromatic heterocycles. The first-order valence-electron chi connectivity index (χ1n) is 8.85. The molecule has 1 saturated heterocycles. The molecule has 8 nitrogen and oxygen atoms in total. The minimum atomic E-state index is -0.240. The number of hydrogen-bond acceptors (Lipinski definition) is 4. The van der Waals surface area contributed by atoms with E-state index in [1.807, 2.05) is 34.9 Å². The lowest BCUT2D eigenvalue weighted by Crippen LogP contribution is -2.47. The van der Waals surface area contributed by atoms with Crippen molar-refractivity contribution >= 4 is 35.8 Å². The summed E-state index contributed by atoms with van der Waals surface area (Å²) in [7, 11) is 1.77. The van der Waals surface area contributed by atoms with Gasteiger partial charge >= 0.3 is 0 Å². The number of carbonyl (C=O) groups excluding carboxylic acids is 1. The van der Waals surface area contributed by atoms with E-state index in [4.69, 9.17) is 5.73 Å². The molecule has 9 heteroatoms. The number of piperidine rings is 1. The maximum absolute atomic E-state index is 11.2. The normalized spacial score (nSPS) is 17.3. The molecule has 1 fully saturated rings. The number of primary amides is 1. The molecule has 146 valence electrons.